The van der Waals surface area contributed by atoms with Crippen LogP contribution in [0.3, 0.4) is 0 Å². The molecule has 0 aliphatic heterocycles. The van der Waals surface area contributed by atoms with Crippen molar-refractivity contribution in [3.63, 3.8) is 0 Å². The molecule has 0 heterocycles. The van der Waals surface area contributed by atoms with Crippen molar-refractivity contribution in [2.75, 3.05) is 13.1 Å². The molecule has 0 saturated heterocycles. The summed E-state index contributed by atoms with van der Waals surface area (Å²) < 4.78 is 0. The zero-order chi connectivity index (χ0) is 14.2. The summed E-state index contributed by atoms with van der Waals surface area (Å²) in [5, 5.41) is 9.08. The molecule has 0 atom stereocenters. The topological polar surface area (TPSA) is 40.5 Å². The van der Waals surface area contributed by atoms with Gasteiger partial charge in [-0.3, -0.25) is 4.79 Å². The quantitative estimate of drug-likeness (QED) is 0.605. The molecule has 0 aromatic carbocycles. The summed E-state index contributed by atoms with van der Waals surface area (Å²) in [5.74, 6) is -0.690. The Balaban J connectivity index is 4.01. The summed E-state index contributed by atoms with van der Waals surface area (Å²) in [6.07, 6.45) is 5.49. The normalized spacial score (nSPS) is 12.4. The number of carbonyl (C=O) groups is 1. The van der Waals surface area contributed by atoms with E-state index in [1.54, 1.807) is 0 Å². The van der Waals surface area contributed by atoms with Crippen LogP contribution in [0.1, 0.15) is 66.7 Å². The van der Waals surface area contributed by atoms with E-state index in [9.17, 15) is 4.79 Å². The summed E-state index contributed by atoms with van der Waals surface area (Å²) in [7, 11) is 0. The van der Waals surface area contributed by atoms with Crippen LogP contribution in [0.2, 0.25) is 0 Å². The van der Waals surface area contributed by atoms with E-state index < -0.39 is 11.4 Å². The summed E-state index contributed by atoms with van der Waals surface area (Å²) >= 11 is 0. The highest BCUT2D eigenvalue weighted by Crippen LogP contribution is 2.22. The number of hydrogen-bond donors (Lipinski definition) is 1. The Hall–Kier alpha value is -0.570. The molecule has 0 rings (SSSR count). The fraction of sp³-hybridized carbons (Fsp3) is 0.933. The minimum Gasteiger partial charge on any atom is -0.481 e. The zero-order valence-corrected chi connectivity index (χ0v) is 12.8. The van der Waals surface area contributed by atoms with Crippen molar-refractivity contribution in [1.82, 2.24) is 4.90 Å². The monoisotopic (exact) mass is 257 g/mol. The molecule has 0 aliphatic carbocycles. The van der Waals surface area contributed by atoms with Gasteiger partial charge in [0.1, 0.15) is 0 Å². The lowest BCUT2D eigenvalue weighted by molar-refractivity contribution is -0.147. The van der Waals surface area contributed by atoms with Crippen molar-refractivity contribution >= 4 is 5.97 Å². The maximum Gasteiger partial charge on any atom is 0.309 e. The Kier molecular flexibility index (Phi) is 8.25. The van der Waals surface area contributed by atoms with Crippen LogP contribution in [0.25, 0.3) is 0 Å². The Labute approximate surface area is 113 Å². The molecule has 0 unspecified atom stereocenters. The van der Waals surface area contributed by atoms with E-state index in [2.05, 4.69) is 25.7 Å². The van der Waals surface area contributed by atoms with Crippen LogP contribution in [0.5, 0.6) is 0 Å². The van der Waals surface area contributed by atoms with E-state index in [1.807, 2.05) is 13.8 Å². The van der Waals surface area contributed by atoms with Crippen LogP contribution in [-0.2, 0) is 4.79 Å². The molecule has 0 bridgehead atoms. The molecule has 18 heavy (non-hydrogen) atoms. The van der Waals surface area contributed by atoms with Crippen molar-refractivity contribution in [2.24, 2.45) is 5.41 Å². The first-order valence-electron chi connectivity index (χ1n) is 7.28. The van der Waals surface area contributed by atoms with Crippen molar-refractivity contribution < 1.29 is 9.90 Å². The molecule has 0 saturated carbocycles. The largest absolute Gasteiger partial charge is 0.481 e. The molecule has 0 aromatic heterocycles. The number of aliphatic carboxylic acids is 1. The maximum atomic E-state index is 11.0. The smallest absolute Gasteiger partial charge is 0.309 e. The number of hydrogen-bond acceptors (Lipinski definition) is 2. The minimum atomic E-state index is -0.690. The van der Waals surface area contributed by atoms with Crippen molar-refractivity contribution in [2.45, 2.75) is 72.8 Å². The third-order valence-corrected chi connectivity index (χ3v) is 3.61. The van der Waals surface area contributed by atoms with Crippen LogP contribution in [0.4, 0.5) is 0 Å². The summed E-state index contributed by atoms with van der Waals surface area (Å²) in [6, 6.07) is 0.551. The van der Waals surface area contributed by atoms with E-state index in [4.69, 9.17) is 5.11 Å². The number of rotatable bonds is 10. The highest BCUT2D eigenvalue weighted by Gasteiger charge is 2.26. The van der Waals surface area contributed by atoms with Gasteiger partial charge in [0, 0.05) is 6.04 Å². The fourth-order valence-corrected chi connectivity index (χ4v) is 2.02. The molecule has 3 nitrogen and oxygen atoms in total. The Morgan fingerprint density at radius 1 is 1.17 bits per heavy atom. The predicted octanol–water partition coefficient (Wildman–Crippen LogP) is 3.78. The van der Waals surface area contributed by atoms with Gasteiger partial charge in [-0.15, -0.1) is 0 Å². The first-order chi connectivity index (χ1) is 8.31. The Bertz CT molecular complexity index is 237. The van der Waals surface area contributed by atoms with Gasteiger partial charge < -0.3 is 10.0 Å². The third-order valence-electron chi connectivity index (χ3n) is 3.61. The van der Waals surface area contributed by atoms with Gasteiger partial charge in [-0.25, -0.2) is 0 Å². The second-order valence-corrected chi connectivity index (χ2v) is 6.13. The van der Waals surface area contributed by atoms with Gasteiger partial charge >= 0.3 is 5.97 Å². The molecule has 0 radical (unpaired) electrons. The Morgan fingerprint density at radius 3 is 2.17 bits per heavy atom. The lowest BCUT2D eigenvalue weighted by atomic mass is 9.88. The number of nitrogens with zero attached hydrogens (tertiary/aromatic N) is 1. The minimum absolute atomic E-state index is 0.551. The van der Waals surface area contributed by atoms with E-state index in [1.165, 1.54) is 19.3 Å². The van der Waals surface area contributed by atoms with Gasteiger partial charge in [-0.2, -0.15) is 0 Å². The average Bonchev–Trinajstić information content (AvgIpc) is 2.26. The highest BCUT2D eigenvalue weighted by atomic mass is 16.4. The molecule has 0 spiro atoms. The van der Waals surface area contributed by atoms with Crippen LogP contribution in [0.15, 0.2) is 0 Å². The molecule has 108 valence electrons. The average molecular weight is 257 g/mol. The summed E-state index contributed by atoms with van der Waals surface area (Å²) in [6.45, 7) is 12.4. The van der Waals surface area contributed by atoms with Gasteiger partial charge in [-0.05, 0) is 60.0 Å². The first-order valence-corrected chi connectivity index (χ1v) is 7.28. The molecule has 0 aliphatic rings. The lowest BCUT2D eigenvalue weighted by Gasteiger charge is -2.28. The standard InChI is InChI=1S/C15H31NO2/c1-6-7-8-11-16(13(2)3)12-9-10-15(4,5)14(17)18/h13H,6-12H2,1-5H3,(H,17,18). The maximum absolute atomic E-state index is 11.0. The number of carboxylic acid groups (broad SMARTS) is 1. The molecule has 1 N–H and O–H groups in total. The second kappa shape index (κ2) is 8.52. The highest BCUT2D eigenvalue weighted by molar-refractivity contribution is 5.73. The van der Waals surface area contributed by atoms with Gasteiger partial charge in [0.15, 0.2) is 0 Å². The van der Waals surface area contributed by atoms with E-state index in [0.29, 0.717) is 6.04 Å². The van der Waals surface area contributed by atoms with E-state index in [-0.39, 0.29) is 0 Å². The number of carboxylic acids is 1. The van der Waals surface area contributed by atoms with Gasteiger partial charge in [0.2, 0.25) is 0 Å². The predicted molar refractivity (Wildman–Crippen MR) is 76.9 cm³/mol. The van der Waals surface area contributed by atoms with Gasteiger partial charge in [-0.1, -0.05) is 19.8 Å². The van der Waals surface area contributed by atoms with Crippen LogP contribution in [0, 0.1) is 5.41 Å². The molecule has 0 aromatic rings. The Morgan fingerprint density at radius 2 is 1.72 bits per heavy atom. The molecule has 0 amide bonds. The zero-order valence-electron chi connectivity index (χ0n) is 12.8. The van der Waals surface area contributed by atoms with Gasteiger partial charge in [0.05, 0.1) is 5.41 Å². The van der Waals surface area contributed by atoms with Crippen molar-refractivity contribution in [3.8, 4) is 0 Å². The van der Waals surface area contributed by atoms with E-state index in [0.717, 1.165) is 25.9 Å². The van der Waals surface area contributed by atoms with Crippen molar-refractivity contribution in [1.29, 1.82) is 0 Å². The molecule has 0 fully saturated rings. The molecular weight excluding hydrogens is 226 g/mol. The SMILES string of the molecule is CCCCCN(CCCC(C)(C)C(=O)O)C(C)C. The van der Waals surface area contributed by atoms with Crippen LogP contribution >= 0.6 is 0 Å². The first kappa shape index (κ1) is 17.4. The van der Waals surface area contributed by atoms with Gasteiger partial charge in [0.25, 0.3) is 0 Å². The number of unbranched alkanes of at least 4 members (excludes halogenated alkanes) is 2. The van der Waals surface area contributed by atoms with E-state index >= 15 is 0 Å². The molecular formula is C15H31NO2. The van der Waals surface area contributed by atoms with Crippen LogP contribution in [-0.4, -0.2) is 35.1 Å². The summed E-state index contributed by atoms with van der Waals surface area (Å²) in [4.78, 5) is 13.5. The third kappa shape index (κ3) is 7.00. The fourth-order valence-electron chi connectivity index (χ4n) is 2.02. The summed E-state index contributed by atoms with van der Waals surface area (Å²) in [5.41, 5.74) is -0.591. The van der Waals surface area contributed by atoms with Crippen molar-refractivity contribution in [3.05, 3.63) is 0 Å². The lowest BCUT2D eigenvalue weighted by Crippen LogP contribution is -2.34. The second-order valence-electron chi connectivity index (χ2n) is 6.13. The molecule has 3 heteroatoms. The van der Waals surface area contributed by atoms with Crippen LogP contribution < -0.4 is 0 Å².